The zero-order chi connectivity index (χ0) is 24.1. The van der Waals surface area contributed by atoms with Crippen LogP contribution in [-0.2, 0) is 14.3 Å². The minimum atomic E-state index is -0.816. The number of thiocarbonyl (C=S) groups is 1. The van der Waals surface area contributed by atoms with Gasteiger partial charge in [0.2, 0.25) is 5.91 Å². The molecule has 0 aliphatic carbocycles. The van der Waals surface area contributed by atoms with E-state index in [0.717, 1.165) is 12.8 Å². The van der Waals surface area contributed by atoms with Gasteiger partial charge in [-0.3, -0.25) is 19.7 Å². The highest BCUT2D eigenvalue weighted by Crippen LogP contribution is 2.15. The van der Waals surface area contributed by atoms with Crippen LogP contribution in [0.5, 0.6) is 5.75 Å². The highest BCUT2D eigenvalue weighted by Gasteiger charge is 2.34. The maximum atomic E-state index is 12.7. The third kappa shape index (κ3) is 9.00. The van der Waals surface area contributed by atoms with E-state index in [2.05, 4.69) is 17.6 Å². The van der Waals surface area contributed by atoms with Gasteiger partial charge in [-0.1, -0.05) is 39.5 Å². The lowest BCUT2D eigenvalue weighted by Gasteiger charge is -2.36. The van der Waals surface area contributed by atoms with Crippen molar-refractivity contribution in [1.82, 2.24) is 15.5 Å². The van der Waals surface area contributed by atoms with Crippen LogP contribution in [0, 0.1) is 0 Å². The van der Waals surface area contributed by atoms with Crippen molar-refractivity contribution in [3.05, 3.63) is 29.8 Å². The quantitative estimate of drug-likeness (QED) is 0.271. The molecular formula is C24H35N3O5S. The molecular weight excluding hydrogens is 442 g/mol. The van der Waals surface area contributed by atoms with Gasteiger partial charge in [-0.15, -0.1) is 0 Å². The molecule has 0 bridgehead atoms. The number of nitrogens with zero attached hydrogens (tertiary/aromatic N) is 1. The summed E-state index contributed by atoms with van der Waals surface area (Å²) in [6.45, 7) is 5.80. The van der Waals surface area contributed by atoms with E-state index >= 15 is 0 Å². The summed E-state index contributed by atoms with van der Waals surface area (Å²) in [4.78, 5) is 38.6. The first kappa shape index (κ1) is 26.6. The number of hydrogen-bond acceptors (Lipinski definition) is 6. The lowest BCUT2D eigenvalue weighted by molar-refractivity contribution is -0.147. The Bertz CT molecular complexity index is 800. The zero-order valence-electron chi connectivity index (χ0n) is 19.6. The smallest absolute Gasteiger partial charge is 0.308 e. The average molecular weight is 478 g/mol. The van der Waals surface area contributed by atoms with Crippen LogP contribution in [0.4, 0.5) is 0 Å². The molecule has 0 radical (unpaired) electrons. The summed E-state index contributed by atoms with van der Waals surface area (Å²) in [6.07, 6.45) is 6.40. The van der Waals surface area contributed by atoms with E-state index in [0.29, 0.717) is 44.0 Å². The second-order valence-corrected chi connectivity index (χ2v) is 8.36. The summed E-state index contributed by atoms with van der Waals surface area (Å²) < 4.78 is 10.8. The van der Waals surface area contributed by atoms with Crippen molar-refractivity contribution < 1.29 is 23.9 Å². The largest absolute Gasteiger partial charge is 0.494 e. The van der Waals surface area contributed by atoms with Crippen molar-refractivity contribution in [2.24, 2.45) is 0 Å². The number of rotatable bonds is 12. The van der Waals surface area contributed by atoms with Gasteiger partial charge in [0.25, 0.3) is 5.91 Å². The van der Waals surface area contributed by atoms with Crippen LogP contribution in [-0.4, -0.2) is 60.1 Å². The highest BCUT2D eigenvalue weighted by molar-refractivity contribution is 7.80. The van der Waals surface area contributed by atoms with Crippen molar-refractivity contribution in [2.75, 3.05) is 26.3 Å². The highest BCUT2D eigenvalue weighted by atomic mass is 32.1. The molecule has 33 heavy (non-hydrogen) atoms. The van der Waals surface area contributed by atoms with Crippen LogP contribution in [0.1, 0.15) is 69.2 Å². The Hall–Kier alpha value is -2.68. The van der Waals surface area contributed by atoms with Gasteiger partial charge in [0.1, 0.15) is 11.8 Å². The second kappa shape index (κ2) is 14.5. The van der Waals surface area contributed by atoms with Gasteiger partial charge in [0, 0.05) is 18.7 Å². The van der Waals surface area contributed by atoms with Gasteiger partial charge in [0.05, 0.1) is 19.6 Å². The lowest BCUT2D eigenvalue weighted by atomic mass is 10.1. The van der Waals surface area contributed by atoms with Crippen molar-refractivity contribution in [3.8, 4) is 5.75 Å². The first-order valence-corrected chi connectivity index (χ1v) is 12.1. The zero-order valence-corrected chi connectivity index (χ0v) is 20.4. The van der Waals surface area contributed by atoms with Crippen LogP contribution in [0.3, 0.4) is 0 Å². The Morgan fingerprint density at radius 3 is 2.52 bits per heavy atom. The predicted molar refractivity (Wildman–Crippen MR) is 130 cm³/mol. The standard InChI is InChI=1S/C24H35N3O5S/c1-3-5-6-7-8-16-31-19-11-9-18(10-12-19)22(29)26-24(33)27-14-13-25-23(30)20(27)17-21(28)32-15-4-2/h9-12,20H,3-8,13-17H2,1-2H3,(H,25,30)(H,26,29,33). The first-order chi connectivity index (χ1) is 16.0. The van der Waals surface area contributed by atoms with Gasteiger partial charge >= 0.3 is 5.97 Å². The minimum Gasteiger partial charge on any atom is -0.494 e. The van der Waals surface area contributed by atoms with E-state index in [-0.39, 0.29) is 23.3 Å². The average Bonchev–Trinajstić information content (AvgIpc) is 2.81. The second-order valence-electron chi connectivity index (χ2n) is 7.97. The first-order valence-electron chi connectivity index (χ1n) is 11.7. The van der Waals surface area contributed by atoms with E-state index < -0.39 is 12.0 Å². The van der Waals surface area contributed by atoms with Gasteiger partial charge in [0.15, 0.2) is 5.11 Å². The molecule has 1 aliphatic heterocycles. The Labute approximate surface area is 201 Å². The molecule has 2 amide bonds. The molecule has 182 valence electrons. The number of piperazine rings is 1. The van der Waals surface area contributed by atoms with E-state index in [1.54, 1.807) is 29.2 Å². The Kier molecular flexibility index (Phi) is 11.6. The van der Waals surface area contributed by atoms with Gasteiger partial charge < -0.3 is 19.7 Å². The molecule has 1 fully saturated rings. The fourth-order valence-corrected chi connectivity index (χ4v) is 3.74. The molecule has 8 nitrogen and oxygen atoms in total. The molecule has 1 unspecified atom stereocenters. The molecule has 1 saturated heterocycles. The van der Waals surface area contributed by atoms with Crippen LogP contribution < -0.4 is 15.4 Å². The topological polar surface area (TPSA) is 97.0 Å². The molecule has 1 atom stereocenters. The summed E-state index contributed by atoms with van der Waals surface area (Å²) in [5.74, 6) is -0.464. The number of benzene rings is 1. The van der Waals surface area contributed by atoms with Crippen molar-refractivity contribution >= 4 is 35.1 Å². The van der Waals surface area contributed by atoms with Gasteiger partial charge in [-0.05, 0) is 49.3 Å². The molecule has 1 aromatic carbocycles. The van der Waals surface area contributed by atoms with E-state index in [1.807, 2.05) is 6.92 Å². The number of unbranched alkanes of at least 4 members (excludes halogenated alkanes) is 4. The van der Waals surface area contributed by atoms with Gasteiger partial charge in [-0.2, -0.15) is 0 Å². The Balaban J connectivity index is 1.87. The molecule has 0 saturated carbocycles. The number of esters is 1. The summed E-state index contributed by atoms with van der Waals surface area (Å²) in [5.41, 5.74) is 0.424. The fraction of sp³-hybridized carbons (Fsp3) is 0.583. The predicted octanol–water partition coefficient (Wildman–Crippen LogP) is 3.19. The maximum Gasteiger partial charge on any atom is 0.308 e. The van der Waals surface area contributed by atoms with E-state index in [9.17, 15) is 14.4 Å². The summed E-state index contributed by atoms with van der Waals surface area (Å²) in [6, 6.07) is 6.04. The molecule has 1 aromatic rings. The molecule has 1 heterocycles. The van der Waals surface area contributed by atoms with E-state index in [4.69, 9.17) is 21.7 Å². The van der Waals surface area contributed by atoms with E-state index in [1.165, 1.54) is 19.3 Å². The van der Waals surface area contributed by atoms with Gasteiger partial charge in [-0.25, -0.2) is 0 Å². The number of nitrogens with one attached hydrogen (secondary N) is 2. The number of amides is 2. The van der Waals surface area contributed by atoms with Crippen LogP contribution in [0.2, 0.25) is 0 Å². The van der Waals surface area contributed by atoms with Crippen molar-refractivity contribution in [1.29, 1.82) is 0 Å². The number of hydrogen-bond donors (Lipinski definition) is 2. The van der Waals surface area contributed by atoms with Crippen LogP contribution >= 0.6 is 12.2 Å². The lowest BCUT2D eigenvalue weighted by Crippen LogP contribution is -2.60. The number of carbonyl (C=O) groups is 3. The fourth-order valence-electron chi connectivity index (χ4n) is 3.43. The number of carbonyl (C=O) groups excluding carboxylic acids is 3. The molecule has 0 aromatic heterocycles. The monoisotopic (exact) mass is 477 g/mol. The SMILES string of the molecule is CCCCCCCOc1ccc(C(=O)NC(=S)N2CCNC(=O)C2CC(=O)OCCC)cc1. The third-order valence-corrected chi connectivity index (χ3v) is 5.61. The molecule has 2 rings (SSSR count). The molecule has 1 aliphatic rings. The van der Waals surface area contributed by atoms with Crippen LogP contribution in [0.15, 0.2) is 24.3 Å². The molecule has 9 heteroatoms. The van der Waals surface area contributed by atoms with Crippen LogP contribution in [0.25, 0.3) is 0 Å². The normalized spacial score (nSPS) is 15.5. The summed E-state index contributed by atoms with van der Waals surface area (Å²) in [7, 11) is 0. The molecule has 2 N–H and O–H groups in total. The summed E-state index contributed by atoms with van der Waals surface area (Å²) >= 11 is 5.38. The van der Waals surface area contributed by atoms with Crippen molar-refractivity contribution in [2.45, 2.75) is 64.8 Å². The van der Waals surface area contributed by atoms with Crippen molar-refractivity contribution in [3.63, 3.8) is 0 Å². The maximum absolute atomic E-state index is 12.7. The number of ether oxygens (including phenoxy) is 2. The molecule has 0 spiro atoms. The third-order valence-electron chi connectivity index (χ3n) is 5.27. The minimum absolute atomic E-state index is 0.107. The summed E-state index contributed by atoms with van der Waals surface area (Å²) in [5, 5.41) is 5.50. The Morgan fingerprint density at radius 1 is 1.09 bits per heavy atom. The Morgan fingerprint density at radius 2 is 1.82 bits per heavy atom.